The van der Waals surface area contributed by atoms with Crippen molar-refractivity contribution in [3.05, 3.63) is 60.7 Å². The zero-order valence-corrected chi connectivity index (χ0v) is 14.0. The van der Waals surface area contributed by atoms with E-state index in [9.17, 15) is 0 Å². The highest BCUT2D eigenvalue weighted by atomic mass is 16.6. The van der Waals surface area contributed by atoms with Gasteiger partial charge in [-0.1, -0.05) is 48.5 Å². The molecule has 4 atom stereocenters. The Labute approximate surface area is 144 Å². The highest BCUT2D eigenvalue weighted by Crippen LogP contribution is 2.59. The molecule has 1 heterocycles. The SMILES string of the molecule is C=CCB1O[C@H]2C[C@@H]3CC[C@H]2[C@@](c2cccc4ccccc24)(C3)O1. The van der Waals surface area contributed by atoms with E-state index in [1.807, 2.05) is 6.08 Å². The minimum atomic E-state index is -0.182. The summed E-state index contributed by atoms with van der Waals surface area (Å²) in [5.41, 5.74) is 1.19. The molecule has 1 saturated heterocycles. The van der Waals surface area contributed by atoms with Gasteiger partial charge in [0.2, 0.25) is 0 Å². The monoisotopic (exact) mass is 318 g/mol. The first-order valence-corrected chi connectivity index (χ1v) is 9.22. The summed E-state index contributed by atoms with van der Waals surface area (Å²) < 4.78 is 13.0. The molecule has 3 heteroatoms. The van der Waals surface area contributed by atoms with Crippen LogP contribution in [0.5, 0.6) is 0 Å². The first kappa shape index (κ1) is 14.7. The van der Waals surface area contributed by atoms with Crippen LogP contribution < -0.4 is 0 Å². The second kappa shape index (κ2) is 5.47. The zero-order chi connectivity index (χ0) is 16.1. The molecule has 4 aliphatic rings. The van der Waals surface area contributed by atoms with Crippen LogP contribution in [0.4, 0.5) is 0 Å². The van der Waals surface area contributed by atoms with Crippen LogP contribution in [0.25, 0.3) is 10.8 Å². The van der Waals surface area contributed by atoms with Crippen LogP contribution in [0.3, 0.4) is 0 Å². The Bertz CT molecular complexity index is 783. The first-order chi connectivity index (χ1) is 11.8. The summed E-state index contributed by atoms with van der Waals surface area (Å²) in [6.07, 6.45) is 7.91. The van der Waals surface area contributed by atoms with E-state index < -0.39 is 0 Å². The lowest BCUT2D eigenvalue weighted by molar-refractivity contribution is -0.186. The van der Waals surface area contributed by atoms with E-state index in [0.717, 1.165) is 18.7 Å². The summed E-state index contributed by atoms with van der Waals surface area (Å²) in [6.45, 7) is 3.88. The van der Waals surface area contributed by atoms with Gasteiger partial charge in [0, 0.05) is 18.3 Å². The standard InChI is InChI=1S/C21H23BO2/c1-2-12-22-23-20-13-15-10-11-19(20)21(14-15,24-22)18-9-5-7-16-6-3-4-8-17(16)18/h2-9,15,19-20H,1,10-14H2/t15-,19+,20-,21-/m0/s1. The Hall–Kier alpha value is -1.58. The molecule has 4 bridgehead atoms. The highest BCUT2D eigenvalue weighted by molar-refractivity contribution is 6.45. The lowest BCUT2D eigenvalue weighted by atomic mass is 9.55. The van der Waals surface area contributed by atoms with Crippen molar-refractivity contribution in [2.24, 2.45) is 11.8 Å². The van der Waals surface area contributed by atoms with Gasteiger partial charge in [0.15, 0.2) is 0 Å². The van der Waals surface area contributed by atoms with Crippen LogP contribution in [0.2, 0.25) is 6.32 Å². The number of benzene rings is 2. The van der Waals surface area contributed by atoms with Crippen molar-refractivity contribution < 1.29 is 9.31 Å². The van der Waals surface area contributed by atoms with Gasteiger partial charge in [-0.25, -0.2) is 0 Å². The fourth-order valence-corrected chi connectivity index (χ4v) is 5.46. The van der Waals surface area contributed by atoms with Gasteiger partial charge < -0.3 is 9.31 Å². The Morgan fingerprint density at radius 3 is 2.92 bits per heavy atom. The van der Waals surface area contributed by atoms with E-state index in [4.69, 9.17) is 9.31 Å². The average Bonchev–Trinajstić information content (AvgIpc) is 2.61. The summed E-state index contributed by atoms with van der Waals surface area (Å²) in [6, 6.07) is 15.4. The predicted octanol–water partition coefficient (Wildman–Crippen LogP) is 4.94. The summed E-state index contributed by atoms with van der Waals surface area (Å²) in [4.78, 5) is 0. The van der Waals surface area contributed by atoms with E-state index in [1.165, 1.54) is 35.6 Å². The molecule has 0 radical (unpaired) electrons. The Morgan fingerprint density at radius 1 is 1.17 bits per heavy atom. The maximum Gasteiger partial charge on any atom is 0.461 e. The molecular formula is C21H23BO2. The largest absolute Gasteiger partial charge is 0.461 e. The molecule has 3 saturated carbocycles. The van der Waals surface area contributed by atoms with Crippen LogP contribution in [0.15, 0.2) is 55.1 Å². The van der Waals surface area contributed by atoms with E-state index in [1.54, 1.807) is 0 Å². The van der Waals surface area contributed by atoms with Crippen molar-refractivity contribution in [3.8, 4) is 0 Å². The van der Waals surface area contributed by atoms with E-state index in [0.29, 0.717) is 12.0 Å². The Balaban J connectivity index is 1.68. The molecule has 122 valence electrons. The molecule has 4 fully saturated rings. The van der Waals surface area contributed by atoms with Crippen molar-refractivity contribution in [2.75, 3.05) is 0 Å². The normalized spacial score (nSPS) is 34.5. The van der Waals surface area contributed by atoms with Crippen LogP contribution in [-0.2, 0) is 14.9 Å². The van der Waals surface area contributed by atoms with Gasteiger partial charge in [-0.05, 0) is 47.9 Å². The van der Waals surface area contributed by atoms with Gasteiger partial charge in [-0.3, -0.25) is 0 Å². The maximum atomic E-state index is 6.72. The quantitative estimate of drug-likeness (QED) is 0.589. The maximum absolute atomic E-state index is 6.72. The fourth-order valence-electron chi connectivity index (χ4n) is 5.46. The molecule has 0 amide bonds. The predicted molar refractivity (Wildman–Crippen MR) is 97.8 cm³/mol. The van der Waals surface area contributed by atoms with Gasteiger partial charge in [-0.15, -0.1) is 6.58 Å². The molecule has 0 aromatic heterocycles. The van der Waals surface area contributed by atoms with E-state index >= 15 is 0 Å². The average molecular weight is 318 g/mol. The second-order valence-electron chi connectivity index (χ2n) is 7.65. The number of allylic oxidation sites excluding steroid dienone is 1. The van der Waals surface area contributed by atoms with Crippen molar-refractivity contribution in [1.82, 2.24) is 0 Å². The van der Waals surface area contributed by atoms with E-state index in [2.05, 4.69) is 49.0 Å². The summed E-state index contributed by atoms with van der Waals surface area (Å²) in [5.74, 6) is 1.21. The minimum Gasteiger partial charge on any atom is -0.408 e. The summed E-state index contributed by atoms with van der Waals surface area (Å²) in [7, 11) is -0.151. The topological polar surface area (TPSA) is 18.5 Å². The third kappa shape index (κ3) is 2.04. The van der Waals surface area contributed by atoms with Crippen LogP contribution >= 0.6 is 0 Å². The van der Waals surface area contributed by atoms with Crippen molar-refractivity contribution in [1.29, 1.82) is 0 Å². The number of hydrogen-bond acceptors (Lipinski definition) is 2. The van der Waals surface area contributed by atoms with Gasteiger partial charge in [0.1, 0.15) is 0 Å². The molecule has 0 unspecified atom stereocenters. The van der Waals surface area contributed by atoms with Crippen molar-refractivity contribution in [3.63, 3.8) is 0 Å². The molecule has 3 aliphatic carbocycles. The molecule has 0 spiro atoms. The Morgan fingerprint density at radius 2 is 2.04 bits per heavy atom. The van der Waals surface area contributed by atoms with Crippen LogP contribution in [-0.4, -0.2) is 13.2 Å². The lowest BCUT2D eigenvalue weighted by Crippen LogP contribution is -2.61. The molecule has 1 aliphatic heterocycles. The third-order valence-corrected chi connectivity index (χ3v) is 6.36. The number of hydrogen-bond donors (Lipinski definition) is 0. The molecule has 6 rings (SSSR count). The van der Waals surface area contributed by atoms with Gasteiger partial charge >= 0.3 is 7.12 Å². The fraction of sp³-hybridized carbons (Fsp3) is 0.429. The lowest BCUT2D eigenvalue weighted by Gasteiger charge is -2.59. The summed E-state index contributed by atoms with van der Waals surface area (Å²) in [5, 5.41) is 2.64. The van der Waals surface area contributed by atoms with Crippen LogP contribution in [0.1, 0.15) is 31.2 Å². The minimum absolute atomic E-state index is 0.151. The van der Waals surface area contributed by atoms with Crippen molar-refractivity contribution >= 4 is 17.9 Å². The zero-order valence-electron chi connectivity index (χ0n) is 14.0. The molecule has 2 aromatic carbocycles. The molecule has 0 N–H and O–H groups in total. The highest BCUT2D eigenvalue weighted by Gasteiger charge is 2.59. The van der Waals surface area contributed by atoms with Gasteiger partial charge in [0.25, 0.3) is 0 Å². The van der Waals surface area contributed by atoms with Crippen molar-refractivity contribution in [2.45, 2.75) is 43.7 Å². The van der Waals surface area contributed by atoms with Gasteiger partial charge in [-0.2, -0.15) is 0 Å². The second-order valence-corrected chi connectivity index (χ2v) is 7.65. The molecule has 2 aromatic rings. The molecule has 24 heavy (non-hydrogen) atoms. The summed E-state index contributed by atoms with van der Waals surface area (Å²) >= 11 is 0. The smallest absolute Gasteiger partial charge is 0.408 e. The van der Waals surface area contributed by atoms with E-state index in [-0.39, 0.29) is 12.7 Å². The molecule has 2 nitrogen and oxygen atoms in total. The third-order valence-electron chi connectivity index (χ3n) is 6.36. The number of fused-ring (bicyclic) bond motifs is 2. The Kier molecular flexibility index (Phi) is 3.36. The molecular weight excluding hydrogens is 295 g/mol. The van der Waals surface area contributed by atoms with Gasteiger partial charge in [0.05, 0.1) is 5.60 Å². The number of rotatable bonds is 3. The van der Waals surface area contributed by atoms with Crippen LogP contribution in [0, 0.1) is 11.8 Å². The first-order valence-electron chi connectivity index (χ1n) is 9.22.